The van der Waals surface area contributed by atoms with Crippen molar-refractivity contribution in [2.24, 2.45) is 0 Å². The van der Waals surface area contributed by atoms with Gasteiger partial charge in [0.1, 0.15) is 11.5 Å². The van der Waals surface area contributed by atoms with Gasteiger partial charge in [-0.05, 0) is 48.0 Å². The molecule has 1 amide bonds. The molecule has 0 aromatic heterocycles. The minimum Gasteiger partial charge on any atom is -0.508 e. The van der Waals surface area contributed by atoms with Crippen molar-refractivity contribution in [3.05, 3.63) is 53.6 Å². The van der Waals surface area contributed by atoms with Crippen LogP contribution in [0, 0.1) is 0 Å². The highest BCUT2D eigenvalue weighted by atomic mass is 16.5. The summed E-state index contributed by atoms with van der Waals surface area (Å²) in [5.74, 6) is 0.870. The number of amides is 1. The second kappa shape index (κ2) is 4.65. The third-order valence-corrected chi connectivity index (χ3v) is 3.08. The van der Waals surface area contributed by atoms with Gasteiger partial charge in [0.05, 0.1) is 6.61 Å². The van der Waals surface area contributed by atoms with Crippen molar-refractivity contribution < 1.29 is 14.6 Å². The molecule has 4 heteroatoms. The van der Waals surface area contributed by atoms with Crippen molar-refractivity contribution in [2.45, 2.75) is 6.42 Å². The fourth-order valence-electron chi connectivity index (χ4n) is 2.08. The van der Waals surface area contributed by atoms with Crippen LogP contribution >= 0.6 is 0 Å². The lowest BCUT2D eigenvalue weighted by atomic mass is 10.1. The molecule has 2 aromatic rings. The number of carbonyl (C=O) groups excluding carboxylic acids is 1. The summed E-state index contributed by atoms with van der Waals surface area (Å²) in [4.78, 5) is 12.1. The first kappa shape index (κ1) is 11.6. The first-order chi connectivity index (χ1) is 9.22. The Morgan fingerprint density at radius 3 is 2.74 bits per heavy atom. The molecule has 1 heterocycles. The molecule has 2 aromatic carbocycles. The standard InChI is InChI=1S/C15H13NO3/c17-13-4-2-12(3-5-13)16-15(18)11-1-6-14-10(9-11)7-8-19-14/h1-6,9,17H,7-8H2,(H,16,18). The number of carbonyl (C=O) groups is 1. The number of phenolic OH excluding ortho intramolecular Hbond substituents is 1. The predicted molar refractivity (Wildman–Crippen MR) is 71.7 cm³/mol. The maximum atomic E-state index is 12.1. The van der Waals surface area contributed by atoms with Crippen LogP contribution in [0.3, 0.4) is 0 Å². The van der Waals surface area contributed by atoms with Gasteiger partial charge in [-0.3, -0.25) is 4.79 Å². The number of hydrogen-bond donors (Lipinski definition) is 2. The number of ether oxygens (including phenoxy) is 1. The minimum atomic E-state index is -0.166. The Morgan fingerprint density at radius 1 is 1.16 bits per heavy atom. The Morgan fingerprint density at radius 2 is 1.95 bits per heavy atom. The number of aromatic hydroxyl groups is 1. The van der Waals surface area contributed by atoms with E-state index in [1.165, 1.54) is 12.1 Å². The number of hydrogen-bond acceptors (Lipinski definition) is 3. The molecule has 0 fully saturated rings. The van der Waals surface area contributed by atoms with Crippen LogP contribution in [-0.2, 0) is 6.42 Å². The number of rotatable bonds is 2. The van der Waals surface area contributed by atoms with Crippen LogP contribution in [0.4, 0.5) is 5.69 Å². The highest BCUT2D eigenvalue weighted by Crippen LogP contribution is 2.26. The van der Waals surface area contributed by atoms with E-state index in [1.807, 2.05) is 12.1 Å². The Labute approximate surface area is 110 Å². The molecule has 0 radical (unpaired) electrons. The summed E-state index contributed by atoms with van der Waals surface area (Å²) in [6, 6.07) is 11.8. The largest absolute Gasteiger partial charge is 0.508 e. The van der Waals surface area contributed by atoms with Gasteiger partial charge in [-0.15, -0.1) is 0 Å². The summed E-state index contributed by atoms with van der Waals surface area (Å²) in [6.45, 7) is 0.679. The summed E-state index contributed by atoms with van der Waals surface area (Å²) in [7, 11) is 0. The molecule has 0 atom stereocenters. The minimum absolute atomic E-state index is 0.166. The van der Waals surface area contributed by atoms with E-state index in [-0.39, 0.29) is 11.7 Å². The maximum absolute atomic E-state index is 12.1. The molecule has 1 aliphatic rings. The Balaban J connectivity index is 1.78. The van der Waals surface area contributed by atoms with Crippen LogP contribution in [-0.4, -0.2) is 17.6 Å². The van der Waals surface area contributed by atoms with E-state index < -0.39 is 0 Å². The lowest BCUT2D eigenvalue weighted by Gasteiger charge is -2.06. The summed E-state index contributed by atoms with van der Waals surface area (Å²) in [5, 5.41) is 12.0. The van der Waals surface area contributed by atoms with Gasteiger partial charge in [-0.1, -0.05) is 0 Å². The fourth-order valence-corrected chi connectivity index (χ4v) is 2.08. The van der Waals surface area contributed by atoms with Crippen LogP contribution in [0.1, 0.15) is 15.9 Å². The topological polar surface area (TPSA) is 58.6 Å². The molecular weight excluding hydrogens is 242 g/mol. The van der Waals surface area contributed by atoms with E-state index in [1.54, 1.807) is 18.2 Å². The molecule has 0 spiro atoms. The van der Waals surface area contributed by atoms with Gasteiger partial charge in [0.25, 0.3) is 5.91 Å². The summed E-state index contributed by atoms with van der Waals surface area (Å²) < 4.78 is 5.41. The van der Waals surface area contributed by atoms with E-state index >= 15 is 0 Å². The summed E-state index contributed by atoms with van der Waals surface area (Å²) in [6.07, 6.45) is 0.843. The van der Waals surface area contributed by atoms with Gasteiger partial charge in [0.2, 0.25) is 0 Å². The second-order valence-corrected chi connectivity index (χ2v) is 4.42. The molecule has 4 nitrogen and oxygen atoms in total. The second-order valence-electron chi connectivity index (χ2n) is 4.42. The molecule has 0 saturated carbocycles. The molecule has 2 N–H and O–H groups in total. The summed E-state index contributed by atoms with van der Waals surface area (Å²) in [5.41, 5.74) is 2.33. The number of benzene rings is 2. The van der Waals surface area contributed by atoms with Crippen molar-refractivity contribution in [1.29, 1.82) is 0 Å². The van der Waals surface area contributed by atoms with E-state index in [0.717, 1.165) is 17.7 Å². The molecule has 3 rings (SSSR count). The number of anilines is 1. The molecule has 0 unspecified atom stereocenters. The molecule has 0 aliphatic carbocycles. The SMILES string of the molecule is O=C(Nc1ccc(O)cc1)c1ccc2c(c1)CCO2. The van der Waals surface area contributed by atoms with Crippen LogP contribution < -0.4 is 10.1 Å². The zero-order valence-electron chi connectivity index (χ0n) is 10.2. The van der Waals surface area contributed by atoms with Crippen molar-refractivity contribution in [3.63, 3.8) is 0 Å². The zero-order chi connectivity index (χ0) is 13.2. The molecule has 0 saturated heterocycles. The van der Waals surface area contributed by atoms with E-state index in [4.69, 9.17) is 4.74 Å². The first-order valence-corrected chi connectivity index (χ1v) is 6.08. The maximum Gasteiger partial charge on any atom is 0.255 e. The van der Waals surface area contributed by atoms with Crippen molar-refractivity contribution >= 4 is 11.6 Å². The third-order valence-electron chi connectivity index (χ3n) is 3.08. The Bertz CT molecular complexity index is 620. The highest BCUT2D eigenvalue weighted by molar-refractivity contribution is 6.04. The molecular formula is C15H13NO3. The van der Waals surface area contributed by atoms with E-state index in [0.29, 0.717) is 17.9 Å². The van der Waals surface area contributed by atoms with Crippen LogP contribution in [0.5, 0.6) is 11.5 Å². The average Bonchev–Trinajstić information content (AvgIpc) is 2.88. The lowest BCUT2D eigenvalue weighted by molar-refractivity contribution is 0.102. The third kappa shape index (κ3) is 2.38. The zero-order valence-corrected chi connectivity index (χ0v) is 10.2. The molecule has 19 heavy (non-hydrogen) atoms. The van der Waals surface area contributed by atoms with Gasteiger partial charge in [-0.2, -0.15) is 0 Å². The normalized spacial score (nSPS) is 12.6. The van der Waals surface area contributed by atoms with Gasteiger partial charge in [0.15, 0.2) is 0 Å². The first-order valence-electron chi connectivity index (χ1n) is 6.08. The predicted octanol–water partition coefficient (Wildman–Crippen LogP) is 2.58. The average molecular weight is 255 g/mol. The van der Waals surface area contributed by atoms with Crippen LogP contribution in [0.15, 0.2) is 42.5 Å². The fraction of sp³-hybridized carbons (Fsp3) is 0.133. The van der Waals surface area contributed by atoms with Gasteiger partial charge in [-0.25, -0.2) is 0 Å². The number of fused-ring (bicyclic) bond motifs is 1. The van der Waals surface area contributed by atoms with Crippen molar-refractivity contribution in [3.8, 4) is 11.5 Å². The Hall–Kier alpha value is -2.49. The van der Waals surface area contributed by atoms with E-state index in [9.17, 15) is 9.90 Å². The van der Waals surface area contributed by atoms with Crippen molar-refractivity contribution in [2.75, 3.05) is 11.9 Å². The number of phenols is 1. The van der Waals surface area contributed by atoms with Crippen LogP contribution in [0.2, 0.25) is 0 Å². The highest BCUT2D eigenvalue weighted by Gasteiger charge is 2.15. The number of nitrogens with one attached hydrogen (secondary N) is 1. The van der Waals surface area contributed by atoms with Gasteiger partial charge < -0.3 is 15.2 Å². The smallest absolute Gasteiger partial charge is 0.255 e. The van der Waals surface area contributed by atoms with Crippen LogP contribution in [0.25, 0.3) is 0 Å². The Kier molecular flexibility index (Phi) is 2.83. The summed E-state index contributed by atoms with van der Waals surface area (Å²) >= 11 is 0. The monoisotopic (exact) mass is 255 g/mol. The molecule has 0 bridgehead atoms. The van der Waals surface area contributed by atoms with Gasteiger partial charge >= 0.3 is 0 Å². The van der Waals surface area contributed by atoms with Crippen molar-refractivity contribution in [1.82, 2.24) is 0 Å². The lowest BCUT2D eigenvalue weighted by Crippen LogP contribution is -2.11. The van der Waals surface area contributed by atoms with E-state index in [2.05, 4.69) is 5.32 Å². The van der Waals surface area contributed by atoms with Gasteiger partial charge in [0, 0.05) is 17.7 Å². The quantitative estimate of drug-likeness (QED) is 0.811. The molecule has 96 valence electrons. The molecule has 1 aliphatic heterocycles.